The molecule has 90 valence electrons. The lowest BCUT2D eigenvalue weighted by Gasteiger charge is -1.99. The van der Waals surface area contributed by atoms with Gasteiger partial charge >= 0.3 is 5.97 Å². The lowest BCUT2D eigenvalue weighted by Crippen LogP contribution is -1.99. The summed E-state index contributed by atoms with van der Waals surface area (Å²) in [5, 5.41) is 8.99. The number of H-pyrrole nitrogens is 1. The average Bonchev–Trinajstić information content (AvgIpc) is 2.90. The zero-order valence-corrected chi connectivity index (χ0v) is 9.46. The zero-order valence-electron chi connectivity index (χ0n) is 9.46. The van der Waals surface area contributed by atoms with Crippen molar-refractivity contribution in [3.63, 3.8) is 0 Å². The minimum atomic E-state index is -1.01. The maximum atomic E-state index is 11.7. The van der Waals surface area contributed by atoms with E-state index in [0.717, 1.165) is 0 Å². The number of aromatic amines is 1. The molecule has 0 aliphatic carbocycles. The number of hydrogen-bond acceptors (Lipinski definition) is 2. The lowest BCUT2D eigenvalue weighted by atomic mass is 10.1. The Balaban J connectivity index is 2.24. The summed E-state index contributed by atoms with van der Waals surface area (Å²) in [7, 11) is 0. The summed E-state index contributed by atoms with van der Waals surface area (Å²) in [6.45, 7) is 0. The van der Waals surface area contributed by atoms with E-state index >= 15 is 0 Å². The van der Waals surface area contributed by atoms with Gasteiger partial charge in [-0.25, -0.2) is 4.79 Å². The molecule has 0 atom stereocenters. The molecule has 1 aromatic carbocycles. The van der Waals surface area contributed by atoms with Crippen LogP contribution in [0.3, 0.4) is 0 Å². The van der Waals surface area contributed by atoms with E-state index in [9.17, 15) is 9.59 Å². The largest absolute Gasteiger partial charge is 0.478 e. The van der Waals surface area contributed by atoms with Crippen molar-refractivity contribution in [3.05, 3.63) is 65.5 Å². The fourth-order valence-corrected chi connectivity index (χ4v) is 1.58. The maximum absolute atomic E-state index is 11.7. The topological polar surface area (TPSA) is 70.2 Å². The Morgan fingerprint density at radius 2 is 1.89 bits per heavy atom. The van der Waals surface area contributed by atoms with Gasteiger partial charge in [-0.1, -0.05) is 24.3 Å². The molecule has 1 aromatic heterocycles. The van der Waals surface area contributed by atoms with E-state index in [1.54, 1.807) is 36.5 Å². The standard InChI is InChI=1S/C14H11NO3/c16-13(12-6-3-9-15-12)8-7-10-4-1-2-5-11(10)14(17)18/h1-9,15H,(H,17,18). The van der Waals surface area contributed by atoms with E-state index in [2.05, 4.69) is 4.98 Å². The number of ketones is 1. The molecule has 0 radical (unpaired) electrons. The number of benzene rings is 1. The molecule has 0 bridgehead atoms. The molecule has 4 nitrogen and oxygen atoms in total. The molecule has 2 N–H and O–H groups in total. The predicted octanol–water partition coefficient (Wildman–Crippen LogP) is 2.61. The maximum Gasteiger partial charge on any atom is 0.336 e. The van der Waals surface area contributed by atoms with Gasteiger partial charge < -0.3 is 10.1 Å². The van der Waals surface area contributed by atoms with Crippen LogP contribution in [-0.4, -0.2) is 21.8 Å². The SMILES string of the molecule is O=C(C=Cc1ccccc1C(=O)O)c1ccc[nH]1. The summed E-state index contributed by atoms with van der Waals surface area (Å²) in [5.41, 5.74) is 1.15. The van der Waals surface area contributed by atoms with Crippen LogP contribution in [-0.2, 0) is 0 Å². The molecule has 0 saturated heterocycles. The molecule has 0 unspecified atom stereocenters. The van der Waals surface area contributed by atoms with Gasteiger partial charge in [0, 0.05) is 6.20 Å². The van der Waals surface area contributed by atoms with Gasteiger partial charge in [0.05, 0.1) is 11.3 Å². The third-order valence-electron chi connectivity index (χ3n) is 2.47. The molecular weight excluding hydrogens is 230 g/mol. The Hall–Kier alpha value is -2.62. The first-order valence-electron chi connectivity index (χ1n) is 5.36. The fraction of sp³-hybridized carbons (Fsp3) is 0. The Morgan fingerprint density at radius 1 is 1.11 bits per heavy atom. The normalized spacial score (nSPS) is 10.7. The Bertz CT molecular complexity index is 597. The zero-order chi connectivity index (χ0) is 13.0. The molecule has 0 aliphatic heterocycles. The first-order valence-corrected chi connectivity index (χ1v) is 5.36. The third kappa shape index (κ3) is 2.55. The van der Waals surface area contributed by atoms with Crippen LogP contribution in [0.4, 0.5) is 0 Å². The number of carboxylic acid groups (broad SMARTS) is 1. The van der Waals surface area contributed by atoms with Crippen molar-refractivity contribution >= 4 is 17.8 Å². The smallest absolute Gasteiger partial charge is 0.336 e. The van der Waals surface area contributed by atoms with Crippen LogP contribution in [0.2, 0.25) is 0 Å². The lowest BCUT2D eigenvalue weighted by molar-refractivity contribution is 0.0696. The van der Waals surface area contributed by atoms with Gasteiger partial charge in [-0.2, -0.15) is 0 Å². The number of aromatic carboxylic acids is 1. The summed E-state index contributed by atoms with van der Waals surface area (Å²) < 4.78 is 0. The van der Waals surface area contributed by atoms with Crippen molar-refractivity contribution in [2.75, 3.05) is 0 Å². The molecule has 0 aliphatic rings. The molecule has 2 rings (SSSR count). The Morgan fingerprint density at radius 3 is 2.56 bits per heavy atom. The molecular formula is C14H11NO3. The van der Waals surface area contributed by atoms with E-state index in [-0.39, 0.29) is 11.3 Å². The molecule has 0 amide bonds. The molecule has 0 fully saturated rings. The quantitative estimate of drug-likeness (QED) is 0.638. The van der Waals surface area contributed by atoms with Gasteiger partial charge in [-0.3, -0.25) is 4.79 Å². The van der Waals surface area contributed by atoms with E-state index < -0.39 is 5.97 Å². The number of aromatic nitrogens is 1. The van der Waals surface area contributed by atoms with Gasteiger partial charge in [0.25, 0.3) is 0 Å². The number of rotatable bonds is 4. The number of carboxylic acids is 1. The van der Waals surface area contributed by atoms with E-state index in [1.807, 2.05) is 0 Å². The number of allylic oxidation sites excluding steroid dienone is 1. The first-order chi connectivity index (χ1) is 8.68. The highest BCUT2D eigenvalue weighted by molar-refractivity contribution is 6.06. The number of hydrogen-bond donors (Lipinski definition) is 2. The monoisotopic (exact) mass is 241 g/mol. The molecule has 0 spiro atoms. The highest BCUT2D eigenvalue weighted by Crippen LogP contribution is 2.11. The van der Waals surface area contributed by atoms with Gasteiger partial charge in [-0.15, -0.1) is 0 Å². The van der Waals surface area contributed by atoms with Crippen molar-refractivity contribution in [1.82, 2.24) is 4.98 Å². The van der Waals surface area contributed by atoms with Crippen LogP contribution in [0.15, 0.2) is 48.7 Å². The van der Waals surface area contributed by atoms with Crippen LogP contribution >= 0.6 is 0 Å². The predicted molar refractivity (Wildman–Crippen MR) is 67.6 cm³/mol. The molecule has 18 heavy (non-hydrogen) atoms. The third-order valence-corrected chi connectivity index (χ3v) is 2.47. The number of carbonyl (C=O) groups is 2. The van der Waals surface area contributed by atoms with Crippen LogP contribution in [0.25, 0.3) is 6.08 Å². The van der Waals surface area contributed by atoms with E-state index in [4.69, 9.17) is 5.11 Å². The van der Waals surface area contributed by atoms with Crippen molar-refractivity contribution in [1.29, 1.82) is 0 Å². The number of nitrogens with one attached hydrogen (secondary N) is 1. The molecule has 1 heterocycles. The van der Waals surface area contributed by atoms with Gasteiger partial charge in [0.1, 0.15) is 0 Å². The average molecular weight is 241 g/mol. The molecule has 0 saturated carbocycles. The van der Waals surface area contributed by atoms with E-state index in [0.29, 0.717) is 11.3 Å². The first kappa shape index (κ1) is 11.9. The van der Waals surface area contributed by atoms with Crippen LogP contribution in [0, 0.1) is 0 Å². The van der Waals surface area contributed by atoms with Gasteiger partial charge in [-0.05, 0) is 29.8 Å². The Labute approximate surface area is 104 Å². The van der Waals surface area contributed by atoms with Crippen molar-refractivity contribution in [2.45, 2.75) is 0 Å². The second kappa shape index (κ2) is 5.14. The fourth-order valence-electron chi connectivity index (χ4n) is 1.58. The van der Waals surface area contributed by atoms with Gasteiger partial charge in [0.15, 0.2) is 0 Å². The second-order valence-electron chi connectivity index (χ2n) is 3.67. The van der Waals surface area contributed by atoms with Crippen molar-refractivity contribution in [3.8, 4) is 0 Å². The Kier molecular flexibility index (Phi) is 3.38. The van der Waals surface area contributed by atoms with E-state index in [1.165, 1.54) is 18.2 Å². The summed E-state index contributed by atoms with van der Waals surface area (Å²) in [5.74, 6) is -1.21. The summed E-state index contributed by atoms with van der Waals surface area (Å²) in [4.78, 5) is 25.5. The minimum absolute atomic E-state index is 0.174. The molecule has 4 heteroatoms. The summed E-state index contributed by atoms with van der Waals surface area (Å²) in [6.07, 6.45) is 4.52. The minimum Gasteiger partial charge on any atom is -0.478 e. The second-order valence-corrected chi connectivity index (χ2v) is 3.67. The number of carbonyl (C=O) groups excluding carboxylic acids is 1. The molecule has 2 aromatic rings. The summed E-state index contributed by atoms with van der Waals surface area (Å²) >= 11 is 0. The highest BCUT2D eigenvalue weighted by Gasteiger charge is 2.07. The van der Waals surface area contributed by atoms with Crippen LogP contribution < -0.4 is 0 Å². The highest BCUT2D eigenvalue weighted by atomic mass is 16.4. The van der Waals surface area contributed by atoms with Crippen LogP contribution in [0.5, 0.6) is 0 Å². The van der Waals surface area contributed by atoms with Gasteiger partial charge in [0.2, 0.25) is 5.78 Å². The van der Waals surface area contributed by atoms with Crippen molar-refractivity contribution in [2.24, 2.45) is 0 Å². The van der Waals surface area contributed by atoms with Crippen molar-refractivity contribution < 1.29 is 14.7 Å². The van der Waals surface area contributed by atoms with Crippen LogP contribution in [0.1, 0.15) is 26.4 Å². The summed E-state index contributed by atoms with van der Waals surface area (Å²) in [6, 6.07) is 9.92.